The van der Waals surface area contributed by atoms with E-state index < -0.39 is 0 Å². The van der Waals surface area contributed by atoms with E-state index in [2.05, 4.69) is 17.1 Å². The number of nitrogens with two attached hydrogens (primary N) is 1. The standard InChI is InChI=1S/C8H12N2.C4H7N/c1-2-10-8-5-3-7(9)4-6-8;1-2-5-3-4(1)5/h3-6,10H,2,9H2,1H3;4H,1-3H2. The lowest BCUT2D eigenvalue weighted by Gasteiger charge is -2.08. The molecule has 3 rings (SSSR count). The van der Waals surface area contributed by atoms with E-state index >= 15 is 0 Å². The lowest BCUT2D eigenvalue weighted by Crippen LogP contribution is -2.16. The molecule has 2 aliphatic rings. The lowest BCUT2D eigenvalue weighted by molar-refractivity contribution is 0.382. The average molecular weight is 205 g/mol. The number of hydrogen-bond acceptors (Lipinski definition) is 3. The van der Waals surface area contributed by atoms with Gasteiger partial charge >= 0.3 is 0 Å². The molecule has 2 atom stereocenters. The van der Waals surface area contributed by atoms with Crippen molar-refractivity contribution in [2.75, 3.05) is 30.7 Å². The zero-order chi connectivity index (χ0) is 10.7. The summed E-state index contributed by atoms with van der Waals surface area (Å²) >= 11 is 0. The minimum atomic E-state index is 0.807. The van der Waals surface area contributed by atoms with E-state index in [0.717, 1.165) is 24.0 Å². The smallest absolute Gasteiger partial charge is 0.0341 e. The SMILES string of the molecule is C1CN2CC12.CCNc1ccc(N)cc1. The number of fused-ring (bicyclic) bond motifs is 1. The van der Waals surface area contributed by atoms with Crippen LogP contribution in [0, 0.1) is 0 Å². The molecule has 2 unspecified atom stereocenters. The predicted octanol–water partition coefficient (Wildman–Crippen LogP) is 1.77. The van der Waals surface area contributed by atoms with Crippen molar-refractivity contribution in [2.45, 2.75) is 19.4 Å². The van der Waals surface area contributed by atoms with Crippen molar-refractivity contribution in [3.8, 4) is 0 Å². The van der Waals surface area contributed by atoms with Crippen LogP contribution in [-0.2, 0) is 0 Å². The molecule has 0 aromatic heterocycles. The average Bonchev–Trinajstić information content (AvgIpc) is 2.79. The molecular formula is C12H19N3. The third kappa shape index (κ3) is 2.86. The normalized spacial score (nSPS) is 25.4. The van der Waals surface area contributed by atoms with Gasteiger partial charge in [-0.1, -0.05) is 0 Å². The van der Waals surface area contributed by atoms with E-state index in [1.807, 2.05) is 24.3 Å². The van der Waals surface area contributed by atoms with Crippen LogP contribution < -0.4 is 11.1 Å². The van der Waals surface area contributed by atoms with E-state index in [1.54, 1.807) is 0 Å². The van der Waals surface area contributed by atoms with Gasteiger partial charge in [-0.2, -0.15) is 0 Å². The molecule has 3 nitrogen and oxygen atoms in total. The Morgan fingerprint density at radius 2 is 2.07 bits per heavy atom. The van der Waals surface area contributed by atoms with Gasteiger partial charge in [0.05, 0.1) is 0 Å². The number of rotatable bonds is 2. The summed E-state index contributed by atoms with van der Waals surface area (Å²) in [6.45, 7) is 5.82. The fraction of sp³-hybridized carbons (Fsp3) is 0.500. The lowest BCUT2D eigenvalue weighted by atomic mass is 10.3. The van der Waals surface area contributed by atoms with E-state index in [-0.39, 0.29) is 0 Å². The summed E-state index contributed by atoms with van der Waals surface area (Å²) in [6.07, 6.45) is 1.49. The van der Waals surface area contributed by atoms with Gasteiger partial charge in [0.1, 0.15) is 0 Å². The second kappa shape index (κ2) is 4.53. The van der Waals surface area contributed by atoms with Crippen molar-refractivity contribution in [1.82, 2.24) is 4.90 Å². The molecule has 15 heavy (non-hydrogen) atoms. The largest absolute Gasteiger partial charge is 0.399 e. The van der Waals surface area contributed by atoms with Crippen LogP contribution in [0.2, 0.25) is 0 Å². The van der Waals surface area contributed by atoms with Gasteiger partial charge in [0, 0.05) is 37.1 Å². The summed E-state index contributed by atoms with van der Waals surface area (Å²) in [6, 6.07) is 8.78. The van der Waals surface area contributed by atoms with Crippen LogP contribution in [0.4, 0.5) is 11.4 Å². The van der Waals surface area contributed by atoms with Crippen LogP contribution in [0.1, 0.15) is 13.3 Å². The van der Waals surface area contributed by atoms with Crippen molar-refractivity contribution in [1.29, 1.82) is 0 Å². The molecule has 2 saturated heterocycles. The molecule has 0 bridgehead atoms. The van der Waals surface area contributed by atoms with Crippen LogP contribution in [0.25, 0.3) is 0 Å². The Morgan fingerprint density at radius 1 is 1.40 bits per heavy atom. The van der Waals surface area contributed by atoms with Gasteiger partial charge in [0.15, 0.2) is 0 Å². The maximum atomic E-state index is 5.50. The first-order chi connectivity index (χ1) is 7.29. The van der Waals surface area contributed by atoms with Crippen molar-refractivity contribution in [2.24, 2.45) is 0 Å². The summed E-state index contributed by atoms with van der Waals surface area (Å²) in [5, 5.41) is 3.18. The Labute approximate surface area is 91.3 Å². The molecule has 0 saturated carbocycles. The molecule has 3 heteroatoms. The third-order valence-electron chi connectivity index (χ3n) is 2.87. The first-order valence-corrected chi connectivity index (χ1v) is 5.63. The van der Waals surface area contributed by atoms with Gasteiger partial charge in [-0.25, -0.2) is 0 Å². The predicted molar refractivity (Wildman–Crippen MR) is 65.0 cm³/mol. The van der Waals surface area contributed by atoms with Gasteiger partial charge in [0.2, 0.25) is 0 Å². The summed E-state index contributed by atoms with van der Waals surface area (Å²) in [5.41, 5.74) is 7.42. The van der Waals surface area contributed by atoms with Crippen LogP contribution >= 0.6 is 0 Å². The molecule has 0 radical (unpaired) electrons. The number of nitrogens with one attached hydrogen (secondary N) is 1. The summed E-state index contributed by atoms with van der Waals surface area (Å²) in [4.78, 5) is 2.47. The van der Waals surface area contributed by atoms with Gasteiger partial charge in [0.25, 0.3) is 0 Å². The Bertz CT molecular complexity index is 295. The monoisotopic (exact) mass is 205 g/mol. The number of hydrogen-bond donors (Lipinski definition) is 2. The second-order valence-corrected chi connectivity index (χ2v) is 4.09. The minimum Gasteiger partial charge on any atom is -0.399 e. The molecule has 82 valence electrons. The van der Waals surface area contributed by atoms with E-state index in [0.29, 0.717) is 0 Å². The summed E-state index contributed by atoms with van der Waals surface area (Å²) in [5.74, 6) is 0. The molecule has 1 aromatic rings. The Morgan fingerprint density at radius 3 is 2.40 bits per heavy atom. The maximum Gasteiger partial charge on any atom is 0.0341 e. The minimum absolute atomic E-state index is 0.807. The van der Waals surface area contributed by atoms with E-state index in [4.69, 9.17) is 5.73 Å². The van der Waals surface area contributed by atoms with Gasteiger partial charge in [-0.15, -0.1) is 0 Å². The maximum absolute atomic E-state index is 5.50. The molecule has 1 aromatic carbocycles. The number of nitrogens with zero attached hydrogens (tertiary/aromatic N) is 1. The van der Waals surface area contributed by atoms with Crippen LogP contribution in [0.15, 0.2) is 24.3 Å². The van der Waals surface area contributed by atoms with Crippen molar-refractivity contribution < 1.29 is 0 Å². The fourth-order valence-corrected chi connectivity index (χ4v) is 1.71. The topological polar surface area (TPSA) is 41.1 Å². The number of anilines is 2. The highest BCUT2D eigenvalue weighted by atomic mass is 15.4. The zero-order valence-electron chi connectivity index (χ0n) is 9.24. The molecule has 0 amide bonds. The molecule has 3 N–H and O–H groups in total. The summed E-state index contributed by atoms with van der Waals surface area (Å²) < 4.78 is 0. The molecule has 2 aliphatic heterocycles. The zero-order valence-corrected chi connectivity index (χ0v) is 9.24. The van der Waals surface area contributed by atoms with Gasteiger partial charge in [-0.05, 0) is 37.6 Å². The van der Waals surface area contributed by atoms with E-state index in [1.165, 1.54) is 19.5 Å². The summed E-state index contributed by atoms with van der Waals surface area (Å²) in [7, 11) is 0. The Balaban J connectivity index is 0.000000139. The number of benzene rings is 1. The first-order valence-electron chi connectivity index (χ1n) is 5.63. The van der Waals surface area contributed by atoms with Crippen LogP contribution in [0.5, 0.6) is 0 Å². The quantitative estimate of drug-likeness (QED) is 0.571. The Hall–Kier alpha value is -1.22. The molecule has 0 spiro atoms. The van der Waals surface area contributed by atoms with Crippen molar-refractivity contribution >= 4 is 11.4 Å². The van der Waals surface area contributed by atoms with Gasteiger partial charge in [-0.3, -0.25) is 4.90 Å². The van der Waals surface area contributed by atoms with Crippen LogP contribution in [-0.4, -0.2) is 30.6 Å². The van der Waals surface area contributed by atoms with Crippen molar-refractivity contribution in [3.05, 3.63) is 24.3 Å². The highest BCUT2D eigenvalue weighted by Gasteiger charge is 2.41. The van der Waals surface area contributed by atoms with Crippen LogP contribution in [0.3, 0.4) is 0 Å². The second-order valence-electron chi connectivity index (χ2n) is 4.09. The van der Waals surface area contributed by atoms with E-state index in [9.17, 15) is 0 Å². The highest BCUT2D eigenvalue weighted by Crippen LogP contribution is 2.30. The molecule has 0 aliphatic carbocycles. The van der Waals surface area contributed by atoms with Crippen molar-refractivity contribution in [3.63, 3.8) is 0 Å². The first kappa shape index (κ1) is 10.3. The molecule has 2 fully saturated rings. The molecule has 2 heterocycles. The van der Waals surface area contributed by atoms with Gasteiger partial charge < -0.3 is 11.1 Å². The Kier molecular flexibility index (Phi) is 3.11. The third-order valence-corrected chi connectivity index (χ3v) is 2.87. The number of nitrogen functional groups attached to an aromatic ring is 1. The molecular weight excluding hydrogens is 186 g/mol. The fourth-order valence-electron chi connectivity index (χ4n) is 1.71. The highest BCUT2D eigenvalue weighted by molar-refractivity contribution is 5.50.